The monoisotopic (exact) mass is 324 g/mol. The molecule has 1 heterocycles. The highest BCUT2D eigenvalue weighted by Crippen LogP contribution is 2.34. The Labute approximate surface area is 120 Å². The molecule has 0 unspecified atom stereocenters. The van der Waals surface area contributed by atoms with E-state index in [2.05, 4.69) is 21.0 Å². The summed E-state index contributed by atoms with van der Waals surface area (Å²) in [4.78, 5) is 0. The van der Waals surface area contributed by atoms with Crippen LogP contribution in [-0.4, -0.2) is 9.78 Å². The molecule has 0 radical (unpaired) electrons. The van der Waals surface area contributed by atoms with Crippen LogP contribution in [0.2, 0.25) is 5.15 Å². The van der Waals surface area contributed by atoms with Gasteiger partial charge >= 0.3 is 0 Å². The molecule has 4 heteroatoms. The number of nitrogens with zero attached hydrogens (tertiary/aromatic N) is 2. The van der Waals surface area contributed by atoms with E-state index in [1.54, 1.807) is 0 Å². The number of hydrogen-bond donors (Lipinski definition) is 0. The highest BCUT2D eigenvalue weighted by atomic mass is 79.9. The Kier molecular flexibility index (Phi) is 3.44. The van der Waals surface area contributed by atoms with Crippen molar-refractivity contribution >= 4 is 27.5 Å². The molecule has 0 aliphatic heterocycles. The number of aromatic nitrogens is 2. The fourth-order valence-electron chi connectivity index (χ4n) is 2.56. The van der Waals surface area contributed by atoms with Gasteiger partial charge in [-0.25, -0.2) is 4.68 Å². The average Bonchev–Trinajstić information content (AvgIpc) is 2.99. The summed E-state index contributed by atoms with van der Waals surface area (Å²) in [6.07, 6.45) is 5.11. The van der Waals surface area contributed by atoms with Gasteiger partial charge in [-0.15, -0.1) is 0 Å². The number of halogens is 2. The van der Waals surface area contributed by atoms with E-state index in [1.807, 2.05) is 35.0 Å². The molecule has 0 bridgehead atoms. The highest BCUT2D eigenvalue weighted by molar-refractivity contribution is 9.10. The molecule has 1 aromatic carbocycles. The third-order valence-corrected chi connectivity index (χ3v) is 4.33. The summed E-state index contributed by atoms with van der Waals surface area (Å²) in [5, 5.41) is 5.35. The van der Waals surface area contributed by atoms with Gasteiger partial charge in [0.05, 0.1) is 11.4 Å². The molecule has 94 valence electrons. The predicted octanol–water partition coefficient (Wildman–Crippen LogP) is 4.95. The van der Waals surface area contributed by atoms with Crippen molar-refractivity contribution in [3.8, 4) is 5.69 Å². The first-order valence-electron chi connectivity index (χ1n) is 6.25. The van der Waals surface area contributed by atoms with Gasteiger partial charge in [-0.3, -0.25) is 0 Å². The number of benzene rings is 1. The van der Waals surface area contributed by atoms with E-state index in [0.717, 1.165) is 15.9 Å². The first-order valence-corrected chi connectivity index (χ1v) is 7.42. The van der Waals surface area contributed by atoms with E-state index < -0.39 is 0 Å². The molecule has 1 saturated carbocycles. The lowest BCUT2D eigenvalue weighted by Gasteiger charge is -2.05. The van der Waals surface area contributed by atoms with Gasteiger partial charge in [-0.1, -0.05) is 40.4 Å². The molecule has 0 atom stereocenters. The zero-order valence-electron chi connectivity index (χ0n) is 9.94. The minimum Gasteiger partial charge on any atom is -0.222 e. The van der Waals surface area contributed by atoms with Crippen LogP contribution in [0, 0.1) is 0 Å². The summed E-state index contributed by atoms with van der Waals surface area (Å²) in [7, 11) is 0. The minimum atomic E-state index is 0.596. The second kappa shape index (κ2) is 5.06. The second-order valence-corrected chi connectivity index (χ2v) is 6.06. The Morgan fingerprint density at radius 2 is 1.83 bits per heavy atom. The fourth-order valence-corrected chi connectivity index (χ4v) is 3.07. The van der Waals surface area contributed by atoms with Crippen LogP contribution in [0.3, 0.4) is 0 Å². The lowest BCUT2D eigenvalue weighted by Crippen LogP contribution is -1.99. The molecule has 0 N–H and O–H groups in total. The zero-order chi connectivity index (χ0) is 12.5. The van der Waals surface area contributed by atoms with Crippen molar-refractivity contribution in [1.82, 2.24) is 9.78 Å². The summed E-state index contributed by atoms with van der Waals surface area (Å²) in [5.74, 6) is 0.596. The molecule has 0 spiro atoms. The van der Waals surface area contributed by atoms with Crippen LogP contribution < -0.4 is 0 Å². The fraction of sp³-hybridized carbons (Fsp3) is 0.357. The molecule has 0 amide bonds. The van der Waals surface area contributed by atoms with Gasteiger partial charge in [0.25, 0.3) is 0 Å². The van der Waals surface area contributed by atoms with Crippen LogP contribution in [0.5, 0.6) is 0 Å². The van der Waals surface area contributed by atoms with Gasteiger partial charge in [0.15, 0.2) is 0 Å². The maximum absolute atomic E-state index is 6.29. The standard InChI is InChI=1S/C14H14BrClN2/c15-11-5-7-12(8-6-11)18-14(16)9-13(17-18)10-3-1-2-4-10/h5-10H,1-4H2. The first kappa shape index (κ1) is 12.2. The zero-order valence-corrected chi connectivity index (χ0v) is 12.3. The number of rotatable bonds is 2. The molecule has 2 aromatic rings. The smallest absolute Gasteiger partial charge is 0.133 e. The largest absolute Gasteiger partial charge is 0.222 e. The second-order valence-electron chi connectivity index (χ2n) is 4.76. The van der Waals surface area contributed by atoms with Crippen molar-refractivity contribution in [3.05, 3.63) is 45.7 Å². The van der Waals surface area contributed by atoms with E-state index in [4.69, 9.17) is 11.6 Å². The maximum Gasteiger partial charge on any atom is 0.133 e. The van der Waals surface area contributed by atoms with Crippen LogP contribution in [-0.2, 0) is 0 Å². The van der Waals surface area contributed by atoms with E-state index in [-0.39, 0.29) is 0 Å². The van der Waals surface area contributed by atoms with Crippen LogP contribution in [0.25, 0.3) is 5.69 Å². The van der Waals surface area contributed by atoms with E-state index >= 15 is 0 Å². The molecule has 1 aromatic heterocycles. The Morgan fingerprint density at radius 3 is 2.50 bits per heavy atom. The topological polar surface area (TPSA) is 17.8 Å². The summed E-state index contributed by atoms with van der Waals surface area (Å²) in [6.45, 7) is 0. The molecular weight excluding hydrogens is 312 g/mol. The Hall–Kier alpha value is -0.800. The minimum absolute atomic E-state index is 0.596. The molecule has 2 nitrogen and oxygen atoms in total. The van der Waals surface area contributed by atoms with Gasteiger partial charge in [0.2, 0.25) is 0 Å². The van der Waals surface area contributed by atoms with Crippen molar-refractivity contribution in [2.24, 2.45) is 0 Å². The van der Waals surface area contributed by atoms with Crippen LogP contribution in [0.4, 0.5) is 0 Å². The van der Waals surface area contributed by atoms with Crippen molar-refractivity contribution in [3.63, 3.8) is 0 Å². The summed E-state index contributed by atoms with van der Waals surface area (Å²) in [6, 6.07) is 10.0. The summed E-state index contributed by atoms with van der Waals surface area (Å²) < 4.78 is 2.88. The van der Waals surface area contributed by atoms with Gasteiger partial charge in [-0.2, -0.15) is 5.10 Å². The molecule has 0 saturated heterocycles. The lowest BCUT2D eigenvalue weighted by molar-refractivity contribution is 0.679. The quantitative estimate of drug-likeness (QED) is 0.764. The third-order valence-electron chi connectivity index (χ3n) is 3.53. The van der Waals surface area contributed by atoms with Gasteiger partial charge in [0.1, 0.15) is 5.15 Å². The summed E-state index contributed by atoms with van der Waals surface area (Å²) >= 11 is 9.72. The molecule has 18 heavy (non-hydrogen) atoms. The summed E-state index contributed by atoms with van der Waals surface area (Å²) in [5.41, 5.74) is 2.15. The Balaban J connectivity index is 1.94. The van der Waals surface area contributed by atoms with Crippen LogP contribution in [0.15, 0.2) is 34.8 Å². The van der Waals surface area contributed by atoms with Gasteiger partial charge in [-0.05, 0) is 43.2 Å². The Bertz CT molecular complexity index is 541. The maximum atomic E-state index is 6.29. The molecule has 3 rings (SSSR count). The SMILES string of the molecule is Clc1cc(C2CCCC2)nn1-c1ccc(Br)cc1. The average molecular weight is 326 g/mol. The number of hydrogen-bond acceptors (Lipinski definition) is 1. The molecule has 1 fully saturated rings. The van der Waals surface area contributed by atoms with E-state index in [9.17, 15) is 0 Å². The molecular formula is C14H14BrClN2. The first-order chi connectivity index (χ1) is 8.74. The third kappa shape index (κ3) is 2.34. The van der Waals surface area contributed by atoms with Crippen LogP contribution >= 0.6 is 27.5 Å². The van der Waals surface area contributed by atoms with Crippen molar-refractivity contribution in [2.45, 2.75) is 31.6 Å². The molecule has 1 aliphatic carbocycles. The van der Waals surface area contributed by atoms with Gasteiger partial charge < -0.3 is 0 Å². The van der Waals surface area contributed by atoms with Crippen LogP contribution in [0.1, 0.15) is 37.3 Å². The Morgan fingerprint density at radius 1 is 1.17 bits per heavy atom. The van der Waals surface area contributed by atoms with Crippen molar-refractivity contribution in [2.75, 3.05) is 0 Å². The van der Waals surface area contributed by atoms with Crippen molar-refractivity contribution in [1.29, 1.82) is 0 Å². The molecule has 1 aliphatic rings. The normalized spacial score (nSPS) is 16.3. The predicted molar refractivity (Wildman–Crippen MR) is 77.5 cm³/mol. The van der Waals surface area contributed by atoms with E-state index in [1.165, 1.54) is 25.7 Å². The van der Waals surface area contributed by atoms with E-state index in [0.29, 0.717) is 11.1 Å². The lowest BCUT2D eigenvalue weighted by atomic mass is 10.1. The highest BCUT2D eigenvalue weighted by Gasteiger charge is 2.21. The van der Waals surface area contributed by atoms with Gasteiger partial charge in [0, 0.05) is 10.4 Å². The van der Waals surface area contributed by atoms with Crippen molar-refractivity contribution < 1.29 is 0 Å².